The van der Waals surface area contributed by atoms with Crippen LogP contribution in [0.2, 0.25) is 0 Å². The van der Waals surface area contributed by atoms with E-state index in [-0.39, 0.29) is 28.4 Å². The highest BCUT2D eigenvalue weighted by Gasteiger charge is 2.01. The molecule has 0 atom stereocenters. The molecule has 4 heteroatoms. The number of nitrogens with one attached hydrogen (secondary N) is 1. The topological polar surface area (TPSA) is 42.0 Å². The van der Waals surface area contributed by atoms with Crippen LogP contribution in [0.25, 0.3) is 0 Å². The van der Waals surface area contributed by atoms with Gasteiger partial charge in [-0.15, -0.1) is 0 Å². The summed E-state index contributed by atoms with van der Waals surface area (Å²) in [4.78, 5) is 14.8. The Balaban J connectivity index is 3.40. The number of amides is 1. The van der Waals surface area contributed by atoms with Crippen LogP contribution in [0.3, 0.4) is 0 Å². The molecule has 1 aromatic heterocycles. The van der Waals surface area contributed by atoms with E-state index in [4.69, 9.17) is 4.11 Å². The molecule has 1 amide bonds. The summed E-state index contributed by atoms with van der Waals surface area (Å²) in [6.45, 7) is 0. The minimum Gasteiger partial charge on any atom is -0.354 e. The molecular weight excluding hydrogens is 208 g/mol. The van der Waals surface area contributed by atoms with Crippen molar-refractivity contribution >= 4 is 21.8 Å². The van der Waals surface area contributed by atoms with Crippen LogP contribution in [0.1, 0.15) is 14.6 Å². The van der Waals surface area contributed by atoms with Crippen LogP contribution >= 0.6 is 15.9 Å². The van der Waals surface area contributed by atoms with Crippen LogP contribution in [-0.4, -0.2) is 17.9 Å². The molecule has 0 saturated heterocycles. The standard InChI is InChI=1S/C7H7BrN2O/c1-9-7(11)6-3-2-5(8)4-10-6/h2-4H,1H3,(H,9,11)/i2D,3D,4D. The highest BCUT2D eigenvalue weighted by Crippen LogP contribution is 2.06. The Morgan fingerprint density at radius 2 is 2.55 bits per heavy atom. The Morgan fingerprint density at radius 1 is 1.82 bits per heavy atom. The number of halogens is 1. The number of rotatable bonds is 1. The Morgan fingerprint density at radius 3 is 3.18 bits per heavy atom. The van der Waals surface area contributed by atoms with E-state index in [2.05, 4.69) is 26.2 Å². The van der Waals surface area contributed by atoms with E-state index < -0.39 is 5.91 Å². The fraction of sp³-hybridized carbons (Fsp3) is 0.143. The number of nitrogens with zero attached hydrogens (tertiary/aromatic N) is 1. The first kappa shape index (κ1) is 4.87. The van der Waals surface area contributed by atoms with Crippen LogP contribution in [0.5, 0.6) is 0 Å². The number of aromatic nitrogens is 1. The summed E-state index contributed by atoms with van der Waals surface area (Å²) in [6, 6.07) is -0.490. The largest absolute Gasteiger partial charge is 0.354 e. The third-order valence-corrected chi connectivity index (χ3v) is 1.37. The van der Waals surface area contributed by atoms with Gasteiger partial charge in [-0.05, 0) is 28.0 Å². The van der Waals surface area contributed by atoms with E-state index in [1.165, 1.54) is 7.05 Å². The van der Waals surface area contributed by atoms with Crippen LogP contribution in [0.4, 0.5) is 0 Å². The second-order valence-electron chi connectivity index (χ2n) is 1.72. The quantitative estimate of drug-likeness (QED) is 0.769. The average Bonchev–Trinajstić information content (AvgIpc) is 2.19. The summed E-state index contributed by atoms with van der Waals surface area (Å²) >= 11 is 2.95. The first-order valence-electron chi connectivity index (χ1n) is 4.34. The van der Waals surface area contributed by atoms with Crippen molar-refractivity contribution in [1.29, 1.82) is 0 Å². The molecule has 3 nitrogen and oxygen atoms in total. The lowest BCUT2D eigenvalue weighted by Gasteiger charge is -1.96. The third kappa shape index (κ3) is 2.01. The molecule has 58 valence electrons. The van der Waals surface area contributed by atoms with Gasteiger partial charge in [0.1, 0.15) is 5.69 Å². The molecule has 1 rings (SSSR count). The maximum atomic E-state index is 11.2. The summed E-state index contributed by atoms with van der Waals surface area (Å²) in [5, 5.41) is 2.29. The maximum absolute atomic E-state index is 11.2. The molecular formula is C7H7BrN2O. The van der Waals surface area contributed by atoms with Gasteiger partial charge >= 0.3 is 0 Å². The van der Waals surface area contributed by atoms with Gasteiger partial charge in [-0.1, -0.05) is 0 Å². The van der Waals surface area contributed by atoms with Crippen molar-refractivity contribution in [2.24, 2.45) is 0 Å². The normalized spacial score (nSPS) is 13.1. The predicted molar refractivity (Wildman–Crippen MR) is 45.3 cm³/mol. The second-order valence-corrected chi connectivity index (χ2v) is 2.51. The van der Waals surface area contributed by atoms with Gasteiger partial charge in [0.25, 0.3) is 5.91 Å². The first-order valence-corrected chi connectivity index (χ1v) is 3.63. The van der Waals surface area contributed by atoms with E-state index in [1.54, 1.807) is 0 Å². The zero-order valence-corrected chi connectivity index (χ0v) is 7.32. The molecule has 0 aliphatic carbocycles. The molecule has 0 aliphatic heterocycles. The summed E-state index contributed by atoms with van der Waals surface area (Å²) in [6.07, 6.45) is -0.218. The zero-order chi connectivity index (χ0) is 10.9. The zero-order valence-electron chi connectivity index (χ0n) is 8.73. The molecule has 1 N–H and O–H groups in total. The smallest absolute Gasteiger partial charge is 0.269 e. The van der Waals surface area contributed by atoms with Gasteiger partial charge in [-0.25, -0.2) is 4.98 Å². The van der Waals surface area contributed by atoms with Gasteiger partial charge in [0, 0.05) is 17.7 Å². The van der Waals surface area contributed by atoms with Crippen molar-refractivity contribution in [2.45, 2.75) is 0 Å². The Hall–Kier alpha value is -0.900. The number of hydrogen-bond acceptors (Lipinski definition) is 2. The Labute approximate surface area is 77.2 Å². The Bertz CT molecular complexity index is 397. The van der Waals surface area contributed by atoms with Gasteiger partial charge in [0.2, 0.25) is 0 Å². The van der Waals surface area contributed by atoms with E-state index in [0.717, 1.165) is 0 Å². The van der Waals surface area contributed by atoms with Crippen LogP contribution in [-0.2, 0) is 0 Å². The summed E-state index contributed by atoms with van der Waals surface area (Å²) in [5.41, 5.74) is -0.203. The molecule has 11 heavy (non-hydrogen) atoms. The fourth-order valence-corrected chi connectivity index (χ4v) is 0.689. The fourth-order valence-electron chi connectivity index (χ4n) is 0.501. The highest BCUT2D eigenvalue weighted by molar-refractivity contribution is 9.10. The van der Waals surface area contributed by atoms with Gasteiger partial charge in [0.05, 0.1) is 4.11 Å². The summed E-state index contributed by atoms with van der Waals surface area (Å²) < 4.78 is 22.3. The lowest BCUT2D eigenvalue weighted by Crippen LogP contribution is -2.18. The molecule has 0 fully saturated rings. The lowest BCUT2D eigenvalue weighted by atomic mass is 10.3. The summed E-state index contributed by atoms with van der Waals surface area (Å²) in [7, 11) is 1.40. The SMILES string of the molecule is [2H]c1nc(C(=O)NC)c([2H])c([2H])c1Br. The molecule has 0 bridgehead atoms. The van der Waals surface area contributed by atoms with Gasteiger partial charge in [-0.3, -0.25) is 4.79 Å². The number of carbonyl (C=O) groups is 1. The van der Waals surface area contributed by atoms with Crippen LogP contribution < -0.4 is 5.32 Å². The number of pyridine rings is 1. The molecule has 0 radical (unpaired) electrons. The van der Waals surface area contributed by atoms with Crippen LogP contribution in [0, 0.1) is 0 Å². The third-order valence-electron chi connectivity index (χ3n) is 0.999. The minimum atomic E-state index is -0.565. The van der Waals surface area contributed by atoms with E-state index in [1.807, 2.05) is 0 Å². The molecule has 1 aromatic rings. The van der Waals surface area contributed by atoms with E-state index >= 15 is 0 Å². The Kier molecular flexibility index (Phi) is 1.54. The second kappa shape index (κ2) is 3.48. The molecule has 0 unspecified atom stereocenters. The van der Waals surface area contributed by atoms with Crippen molar-refractivity contribution in [1.82, 2.24) is 10.3 Å². The average molecular weight is 218 g/mol. The van der Waals surface area contributed by atoms with Crippen molar-refractivity contribution < 1.29 is 8.91 Å². The highest BCUT2D eigenvalue weighted by atomic mass is 79.9. The number of carbonyl (C=O) groups excluding carboxylic acids is 1. The van der Waals surface area contributed by atoms with Crippen molar-refractivity contribution in [3.8, 4) is 0 Å². The summed E-state index contributed by atoms with van der Waals surface area (Å²) in [5.74, 6) is -0.565. The van der Waals surface area contributed by atoms with Gasteiger partial charge < -0.3 is 5.32 Å². The van der Waals surface area contributed by atoms with Crippen molar-refractivity contribution in [3.63, 3.8) is 0 Å². The molecule has 0 aromatic carbocycles. The molecule has 0 spiro atoms. The lowest BCUT2D eigenvalue weighted by molar-refractivity contribution is 0.0958. The van der Waals surface area contributed by atoms with Crippen molar-refractivity contribution in [2.75, 3.05) is 7.05 Å². The maximum Gasteiger partial charge on any atom is 0.269 e. The minimum absolute atomic E-state index is 0.121. The van der Waals surface area contributed by atoms with Gasteiger partial charge in [0.15, 0.2) is 0 Å². The number of hydrogen-bond donors (Lipinski definition) is 1. The van der Waals surface area contributed by atoms with E-state index in [9.17, 15) is 4.79 Å². The first-order chi connectivity index (χ1) is 6.49. The molecule has 1 heterocycles. The molecule has 0 aliphatic rings. The van der Waals surface area contributed by atoms with Crippen molar-refractivity contribution in [3.05, 3.63) is 28.4 Å². The molecule has 0 saturated carbocycles. The predicted octanol–water partition coefficient (Wildman–Crippen LogP) is 1.20. The monoisotopic (exact) mass is 217 g/mol. The van der Waals surface area contributed by atoms with E-state index in [0.29, 0.717) is 0 Å². The van der Waals surface area contributed by atoms with Crippen LogP contribution in [0.15, 0.2) is 22.7 Å². The van der Waals surface area contributed by atoms with Gasteiger partial charge in [-0.2, -0.15) is 0 Å².